The Hall–Kier alpha value is -2.64. The molecule has 1 aliphatic rings. The summed E-state index contributed by atoms with van der Waals surface area (Å²) < 4.78 is 38.4. The molecule has 0 radical (unpaired) electrons. The average Bonchev–Trinajstić information content (AvgIpc) is 2.67. The number of piperidine rings is 1. The molecule has 28 heavy (non-hydrogen) atoms. The van der Waals surface area contributed by atoms with E-state index in [9.17, 15) is 18.0 Å². The lowest BCUT2D eigenvalue weighted by atomic mass is 9.88. The molecule has 0 spiro atoms. The molecule has 1 aromatic carbocycles. The Kier molecular flexibility index (Phi) is 5.86. The van der Waals surface area contributed by atoms with E-state index in [-0.39, 0.29) is 11.9 Å². The summed E-state index contributed by atoms with van der Waals surface area (Å²) in [5.74, 6) is -0.496. The van der Waals surface area contributed by atoms with Crippen LogP contribution in [0.5, 0.6) is 0 Å². The molecule has 1 amide bonds. The number of rotatable bonds is 4. The Balaban J connectivity index is 1.62. The fourth-order valence-electron chi connectivity index (χ4n) is 3.55. The minimum Gasteiger partial charge on any atom is -0.356 e. The highest BCUT2D eigenvalue weighted by molar-refractivity contribution is 5.73. The third-order valence-corrected chi connectivity index (χ3v) is 5.04. The van der Waals surface area contributed by atoms with E-state index in [1.54, 1.807) is 0 Å². The van der Waals surface area contributed by atoms with E-state index in [2.05, 4.69) is 27.4 Å². The van der Waals surface area contributed by atoms with Crippen molar-refractivity contribution in [1.29, 1.82) is 0 Å². The molecule has 5 nitrogen and oxygen atoms in total. The Morgan fingerprint density at radius 2 is 1.82 bits per heavy atom. The number of carbonyl (C=O) groups is 1. The van der Waals surface area contributed by atoms with Gasteiger partial charge >= 0.3 is 6.18 Å². The minimum absolute atomic E-state index is 0.0472. The van der Waals surface area contributed by atoms with Gasteiger partial charge < -0.3 is 10.2 Å². The first-order chi connectivity index (χ1) is 13.2. The summed E-state index contributed by atoms with van der Waals surface area (Å²) in [6, 6.07) is 9.65. The standard InChI is InChI=1S/C20H23F3N4O/c1-13(25-14(2)28)15-3-5-16(6-4-15)17-8-11-27(12-9-17)18-7-10-24-19(26-18)20(21,22)23/h3-7,10,13,17H,8-9,11-12H2,1-2H3,(H,25,28). The zero-order chi connectivity index (χ0) is 20.3. The predicted octanol–water partition coefficient (Wildman–Crippen LogP) is 4.08. The van der Waals surface area contributed by atoms with Gasteiger partial charge in [0.1, 0.15) is 5.82 Å². The summed E-state index contributed by atoms with van der Waals surface area (Å²) in [4.78, 5) is 20.0. The number of nitrogens with zero attached hydrogens (tertiary/aromatic N) is 3. The minimum atomic E-state index is -4.54. The van der Waals surface area contributed by atoms with Gasteiger partial charge in [-0.3, -0.25) is 4.79 Å². The number of halogens is 3. The Bertz CT molecular complexity index is 815. The van der Waals surface area contributed by atoms with Crippen LogP contribution >= 0.6 is 0 Å². The SMILES string of the molecule is CC(=O)NC(C)c1ccc(C2CCN(c3ccnc(C(F)(F)F)n3)CC2)cc1. The normalized spacial score (nSPS) is 16.7. The predicted molar refractivity (Wildman–Crippen MR) is 99.9 cm³/mol. The van der Waals surface area contributed by atoms with E-state index in [0.717, 1.165) is 24.6 Å². The molecule has 2 aromatic rings. The van der Waals surface area contributed by atoms with Crippen molar-refractivity contribution in [2.24, 2.45) is 0 Å². The molecular weight excluding hydrogens is 369 g/mol. The molecule has 1 N–H and O–H groups in total. The van der Waals surface area contributed by atoms with Crippen molar-refractivity contribution in [2.75, 3.05) is 18.0 Å². The molecule has 1 atom stereocenters. The maximum Gasteiger partial charge on any atom is 0.451 e. The fourth-order valence-corrected chi connectivity index (χ4v) is 3.55. The second kappa shape index (κ2) is 8.16. The summed E-state index contributed by atoms with van der Waals surface area (Å²) >= 11 is 0. The van der Waals surface area contributed by atoms with Gasteiger partial charge in [-0.15, -0.1) is 0 Å². The van der Waals surface area contributed by atoms with E-state index >= 15 is 0 Å². The summed E-state index contributed by atoms with van der Waals surface area (Å²) in [5.41, 5.74) is 2.24. The Morgan fingerprint density at radius 1 is 1.18 bits per heavy atom. The van der Waals surface area contributed by atoms with Gasteiger partial charge in [-0.25, -0.2) is 9.97 Å². The number of aromatic nitrogens is 2. The van der Waals surface area contributed by atoms with Crippen molar-refractivity contribution in [3.63, 3.8) is 0 Å². The highest BCUT2D eigenvalue weighted by atomic mass is 19.4. The van der Waals surface area contributed by atoms with Crippen molar-refractivity contribution in [3.8, 4) is 0 Å². The van der Waals surface area contributed by atoms with Gasteiger partial charge in [0.15, 0.2) is 0 Å². The number of hydrogen-bond acceptors (Lipinski definition) is 4. The maximum absolute atomic E-state index is 12.8. The van der Waals surface area contributed by atoms with Gasteiger partial charge in [0.25, 0.3) is 0 Å². The lowest BCUT2D eigenvalue weighted by Gasteiger charge is -2.33. The number of amides is 1. The molecule has 8 heteroatoms. The first-order valence-electron chi connectivity index (χ1n) is 9.26. The molecule has 1 aliphatic heterocycles. The lowest BCUT2D eigenvalue weighted by molar-refractivity contribution is -0.144. The number of carbonyl (C=O) groups excluding carboxylic acids is 1. The fraction of sp³-hybridized carbons (Fsp3) is 0.450. The van der Waals surface area contributed by atoms with Crippen LogP contribution in [0.1, 0.15) is 55.6 Å². The number of hydrogen-bond donors (Lipinski definition) is 1. The molecular formula is C20H23F3N4O. The molecule has 1 fully saturated rings. The molecule has 1 aromatic heterocycles. The van der Waals surface area contributed by atoms with E-state index < -0.39 is 12.0 Å². The first-order valence-corrected chi connectivity index (χ1v) is 9.26. The van der Waals surface area contributed by atoms with Crippen molar-refractivity contribution in [1.82, 2.24) is 15.3 Å². The summed E-state index contributed by atoms with van der Waals surface area (Å²) in [6.45, 7) is 4.71. The van der Waals surface area contributed by atoms with E-state index in [1.807, 2.05) is 24.0 Å². The molecule has 0 saturated carbocycles. The molecule has 1 saturated heterocycles. The molecule has 1 unspecified atom stereocenters. The molecule has 2 heterocycles. The van der Waals surface area contributed by atoms with Gasteiger partial charge in [0.05, 0.1) is 6.04 Å². The van der Waals surface area contributed by atoms with Gasteiger partial charge in [0.2, 0.25) is 11.7 Å². The van der Waals surface area contributed by atoms with Crippen LogP contribution in [-0.2, 0) is 11.0 Å². The highest BCUT2D eigenvalue weighted by Crippen LogP contribution is 2.32. The monoisotopic (exact) mass is 392 g/mol. The Labute approximate surface area is 162 Å². The number of anilines is 1. The van der Waals surface area contributed by atoms with E-state index in [4.69, 9.17) is 0 Å². The summed E-state index contributed by atoms with van der Waals surface area (Å²) in [7, 11) is 0. The number of nitrogens with one attached hydrogen (secondary N) is 1. The van der Waals surface area contributed by atoms with Crippen molar-refractivity contribution in [2.45, 2.75) is 44.8 Å². The van der Waals surface area contributed by atoms with Crippen molar-refractivity contribution < 1.29 is 18.0 Å². The van der Waals surface area contributed by atoms with Crippen LogP contribution in [0.15, 0.2) is 36.5 Å². The zero-order valence-electron chi connectivity index (χ0n) is 15.8. The van der Waals surface area contributed by atoms with Crippen molar-refractivity contribution in [3.05, 3.63) is 53.5 Å². The number of alkyl halides is 3. The molecule has 0 aliphatic carbocycles. The van der Waals surface area contributed by atoms with Crippen LogP contribution in [0.25, 0.3) is 0 Å². The second-order valence-corrected chi connectivity index (χ2v) is 7.09. The number of benzene rings is 1. The van der Waals surface area contributed by atoms with Crippen LogP contribution < -0.4 is 10.2 Å². The van der Waals surface area contributed by atoms with Crippen molar-refractivity contribution >= 4 is 11.7 Å². The lowest BCUT2D eigenvalue weighted by Crippen LogP contribution is -2.34. The summed E-state index contributed by atoms with van der Waals surface area (Å²) in [5, 5.41) is 2.86. The van der Waals surface area contributed by atoms with Crippen LogP contribution in [0.2, 0.25) is 0 Å². The third kappa shape index (κ3) is 4.79. The summed E-state index contributed by atoms with van der Waals surface area (Å²) in [6.07, 6.45) is -1.70. The van der Waals surface area contributed by atoms with Gasteiger partial charge in [-0.1, -0.05) is 24.3 Å². The average molecular weight is 392 g/mol. The second-order valence-electron chi connectivity index (χ2n) is 7.09. The smallest absolute Gasteiger partial charge is 0.356 e. The van der Waals surface area contributed by atoms with Crippen LogP contribution in [0, 0.1) is 0 Å². The van der Waals surface area contributed by atoms with Crippen LogP contribution in [-0.4, -0.2) is 29.0 Å². The Morgan fingerprint density at radius 3 is 2.39 bits per heavy atom. The maximum atomic E-state index is 12.8. The van der Waals surface area contributed by atoms with Crippen LogP contribution in [0.4, 0.5) is 19.0 Å². The van der Waals surface area contributed by atoms with Gasteiger partial charge in [0, 0.05) is 26.2 Å². The van der Waals surface area contributed by atoms with E-state index in [1.165, 1.54) is 18.6 Å². The topological polar surface area (TPSA) is 58.1 Å². The third-order valence-electron chi connectivity index (χ3n) is 5.04. The highest BCUT2D eigenvalue weighted by Gasteiger charge is 2.35. The largest absolute Gasteiger partial charge is 0.451 e. The van der Waals surface area contributed by atoms with Gasteiger partial charge in [-0.2, -0.15) is 13.2 Å². The molecule has 3 rings (SSSR count). The quantitative estimate of drug-likeness (QED) is 0.852. The first kappa shape index (κ1) is 20.1. The van der Waals surface area contributed by atoms with E-state index in [0.29, 0.717) is 24.8 Å². The van der Waals surface area contributed by atoms with Crippen LogP contribution in [0.3, 0.4) is 0 Å². The zero-order valence-corrected chi connectivity index (χ0v) is 15.8. The molecule has 150 valence electrons. The molecule has 0 bridgehead atoms. The van der Waals surface area contributed by atoms with Gasteiger partial charge in [-0.05, 0) is 42.9 Å².